The fourth-order valence-electron chi connectivity index (χ4n) is 3.83. The molecule has 0 spiro atoms. The first-order valence-electron chi connectivity index (χ1n) is 11.5. The average Bonchev–Trinajstić information content (AvgIpc) is 3.40. The van der Waals surface area contributed by atoms with E-state index in [1.54, 1.807) is 36.4 Å². The lowest BCUT2D eigenvalue weighted by atomic mass is 10.1. The van der Waals surface area contributed by atoms with Crippen molar-refractivity contribution in [2.24, 2.45) is 0 Å². The van der Waals surface area contributed by atoms with Crippen LogP contribution >= 0.6 is 11.8 Å². The summed E-state index contributed by atoms with van der Waals surface area (Å²) in [7, 11) is 0. The molecule has 4 aromatic carbocycles. The van der Waals surface area contributed by atoms with Gasteiger partial charge in [-0.05, 0) is 42.0 Å². The van der Waals surface area contributed by atoms with Gasteiger partial charge in [0.25, 0.3) is 11.6 Å². The lowest BCUT2D eigenvalue weighted by Crippen LogP contribution is -2.19. The third-order valence-electron chi connectivity index (χ3n) is 5.65. The van der Waals surface area contributed by atoms with Gasteiger partial charge in [0.2, 0.25) is 12.7 Å². The zero-order valence-electron chi connectivity index (χ0n) is 19.8. The predicted octanol–water partition coefficient (Wildman–Crippen LogP) is 6.05. The van der Waals surface area contributed by atoms with Gasteiger partial charge in [-0.2, -0.15) is 0 Å². The van der Waals surface area contributed by atoms with Crippen LogP contribution in [0.15, 0.2) is 102 Å². The number of fused-ring (bicyclic) bond motifs is 1. The Labute approximate surface area is 221 Å². The van der Waals surface area contributed by atoms with E-state index in [4.69, 9.17) is 9.47 Å². The van der Waals surface area contributed by atoms with Gasteiger partial charge in [0.15, 0.2) is 11.5 Å². The number of carbonyl (C=O) groups is 2. The molecule has 0 saturated carbocycles. The van der Waals surface area contributed by atoms with Crippen LogP contribution in [0, 0.1) is 10.1 Å². The molecule has 1 heterocycles. The number of non-ortho nitro benzene ring substituents is 1. The molecular formula is C28H21N3O6S. The van der Waals surface area contributed by atoms with Crippen molar-refractivity contribution < 1.29 is 24.0 Å². The van der Waals surface area contributed by atoms with E-state index in [0.29, 0.717) is 22.9 Å². The normalized spacial score (nSPS) is 12.4. The summed E-state index contributed by atoms with van der Waals surface area (Å²) in [6.07, 6.45) is 0. The van der Waals surface area contributed by atoms with Gasteiger partial charge in [-0.15, -0.1) is 11.8 Å². The van der Waals surface area contributed by atoms with Crippen LogP contribution in [0.3, 0.4) is 0 Å². The van der Waals surface area contributed by atoms with Gasteiger partial charge in [-0.3, -0.25) is 19.7 Å². The molecule has 2 amide bonds. The van der Waals surface area contributed by atoms with Crippen LogP contribution in [-0.4, -0.2) is 23.5 Å². The molecule has 0 fully saturated rings. The molecule has 1 atom stereocenters. The number of rotatable bonds is 8. The highest BCUT2D eigenvalue weighted by atomic mass is 32.2. The van der Waals surface area contributed by atoms with Crippen molar-refractivity contribution in [1.82, 2.24) is 0 Å². The number of hydrogen-bond acceptors (Lipinski definition) is 7. The molecule has 0 saturated heterocycles. The molecule has 9 nitrogen and oxygen atoms in total. The summed E-state index contributed by atoms with van der Waals surface area (Å²) in [4.78, 5) is 37.4. The molecule has 2 N–H and O–H groups in total. The highest BCUT2D eigenvalue weighted by Gasteiger charge is 2.23. The maximum Gasteiger partial charge on any atom is 0.270 e. The number of benzene rings is 4. The zero-order chi connectivity index (χ0) is 26.5. The minimum Gasteiger partial charge on any atom is -0.454 e. The van der Waals surface area contributed by atoms with E-state index in [1.165, 1.54) is 36.0 Å². The van der Waals surface area contributed by atoms with E-state index < -0.39 is 16.1 Å². The van der Waals surface area contributed by atoms with Gasteiger partial charge in [0.1, 0.15) is 5.25 Å². The smallest absolute Gasteiger partial charge is 0.270 e. The summed E-state index contributed by atoms with van der Waals surface area (Å²) in [6, 6.07) is 27.2. The average molecular weight is 528 g/mol. The first kappa shape index (κ1) is 24.8. The van der Waals surface area contributed by atoms with Crippen LogP contribution in [0.5, 0.6) is 11.5 Å². The van der Waals surface area contributed by atoms with Crippen molar-refractivity contribution in [2.75, 3.05) is 17.4 Å². The lowest BCUT2D eigenvalue weighted by Gasteiger charge is -2.18. The Kier molecular flexibility index (Phi) is 7.23. The Morgan fingerprint density at radius 1 is 0.816 bits per heavy atom. The summed E-state index contributed by atoms with van der Waals surface area (Å²) in [5.41, 5.74) is 1.89. The Morgan fingerprint density at radius 2 is 1.58 bits per heavy atom. The predicted molar refractivity (Wildman–Crippen MR) is 144 cm³/mol. The summed E-state index contributed by atoms with van der Waals surface area (Å²) in [5, 5.41) is 16.2. The highest BCUT2D eigenvalue weighted by Crippen LogP contribution is 2.39. The highest BCUT2D eigenvalue weighted by molar-refractivity contribution is 8.00. The van der Waals surface area contributed by atoms with Crippen LogP contribution in [0.1, 0.15) is 21.2 Å². The molecule has 10 heteroatoms. The Hall–Kier alpha value is -4.83. The van der Waals surface area contributed by atoms with Crippen molar-refractivity contribution in [1.29, 1.82) is 0 Å². The van der Waals surface area contributed by atoms with E-state index in [0.717, 1.165) is 10.5 Å². The zero-order valence-corrected chi connectivity index (χ0v) is 20.6. The van der Waals surface area contributed by atoms with Crippen LogP contribution in [0.2, 0.25) is 0 Å². The molecule has 190 valence electrons. The molecule has 4 aromatic rings. The van der Waals surface area contributed by atoms with Crippen molar-refractivity contribution in [3.63, 3.8) is 0 Å². The summed E-state index contributed by atoms with van der Waals surface area (Å²) < 4.78 is 10.7. The van der Waals surface area contributed by atoms with Gasteiger partial charge < -0.3 is 20.1 Å². The van der Waals surface area contributed by atoms with Gasteiger partial charge in [-0.1, -0.05) is 42.5 Å². The number of nitro groups is 1. The quantitative estimate of drug-likeness (QED) is 0.163. The van der Waals surface area contributed by atoms with Crippen LogP contribution < -0.4 is 20.1 Å². The molecule has 38 heavy (non-hydrogen) atoms. The number of carbonyl (C=O) groups excluding carboxylic acids is 2. The van der Waals surface area contributed by atoms with Gasteiger partial charge in [0.05, 0.1) is 4.92 Å². The molecule has 0 bridgehead atoms. The largest absolute Gasteiger partial charge is 0.454 e. The first-order chi connectivity index (χ1) is 18.5. The van der Waals surface area contributed by atoms with Crippen molar-refractivity contribution >= 4 is 40.6 Å². The topological polar surface area (TPSA) is 120 Å². The molecular weight excluding hydrogens is 506 g/mol. The number of amides is 2. The first-order valence-corrected chi connectivity index (χ1v) is 12.4. The van der Waals surface area contributed by atoms with Crippen LogP contribution in [0.25, 0.3) is 0 Å². The monoisotopic (exact) mass is 527 g/mol. The van der Waals surface area contributed by atoms with E-state index in [-0.39, 0.29) is 24.0 Å². The number of nitrogens with zero attached hydrogens (tertiary/aromatic N) is 1. The second kappa shape index (κ2) is 11.1. The van der Waals surface area contributed by atoms with Crippen molar-refractivity contribution in [2.45, 2.75) is 10.1 Å². The number of ether oxygens (including phenoxy) is 2. The molecule has 1 unspecified atom stereocenters. The molecule has 1 aliphatic rings. The summed E-state index contributed by atoms with van der Waals surface area (Å²) in [6.45, 7) is 0.142. The fourth-order valence-corrected chi connectivity index (χ4v) is 4.91. The number of anilines is 2. The molecule has 1 aliphatic heterocycles. The van der Waals surface area contributed by atoms with E-state index in [2.05, 4.69) is 10.6 Å². The third kappa shape index (κ3) is 5.76. The van der Waals surface area contributed by atoms with Crippen molar-refractivity contribution in [3.8, 4) is 11.5 Å². The molecule has 0 aromatic heterocycles. The number of nitrogens with one attached hydrogen (secondary N) is 2. The fraction of sp³-hybridized carbons (Fsp3) is 0.0714. The van der Waals surface area contributed by atoms with Gasteiger partial charge >= 0.3 is 0 Å². The molecule has 0 radical (unpaired) electrons. The number of thioether (sulfide) groups is 1. The Balaban J connectivity index is 1.34. The minimum atomic E-state index is -0.593. The maximum atomic E-state index is 13.4. The van der Waals surface area contributed by atoms with Gasteiger partial charge in [0, 0.05) is 40.0 Å². The van der Waals surface area contributed by atoms with E-state index in [9.17, 15) is 19.7 Å². The second-order valence-corrected chi connectivity index (χ2v) is 9.43. The van der Waals surface area contributed by atoms with Crippen LogP contribution in [-0.2, 0) is 4.79 Å². The maximum absolute atomic E-state index is 13.4. The van der Waals surface area contributed by atoms with E-state index in [1.807, 2.05) is 36.4 Å². The number of nitro benzene ring substituents is 1. The minimum absolute atomic E-state index is 0.142. The van der Waals surface area contributed by atoms with Crippen molar-refractivity contribution in [3.05, 3.63) is 118 Å². The van der Waals surface area contributed by atoms with Crippen LogP contribution in [0.4, 0.5) is 17.1 Å². The second-order valence-electron chi connectivity index (χ2n) is 8.26. The lowest BCUT2D eigenvalue weighted by molar-refractivity contribution is -0.384. The molecule has 5 rings (SSSR count). The summed E-state index contributed by atoms with van der Waals surface area (Å²) in [5.74, 6) is 0.488. The Bertz CT molecular complexity index is 1510. The standard InChI is InChI=1S/C28H21N3O6S/c32-27(19-8-4-10-22(14-19)31(34)35)29-20-9-5-11-23(15-20)38-26(18-6-2-1-3-7-18)28(33)30-21-12-13-24-25(16-21)37-17-36-24/h1-16,26H,17H2,(H,29,32)(H,30,33). The summed E-state index contributed by atoms with van der Waals surface area (Å²) >= 11 is 1.33. The molecule has 0 aliphatic carbocycles. The number of hydrogen-bond donors (Lipinski definition) is 2. The SMILES string of the molecule is O=C(Nc1cccc(SC(C(=O)Nc2ccc3c(c2)OCO3)c2ccccc2)c1)c1cccc([N+](=O)[O-])c1. The Morgan fingerprint density at radius 3 is 2.39 bits per heavy atom. The van der Waals surface area contributed by atoms with Gasteiger partial charge in [-0.25, -0.2) is 0 Å². The third-order valence-corrected chi connectivity index (χ3v) is 6.89. The van der Waals surface area contributed by atoms with E-state index >= 15 is 0 Å².